The topological polar surface area (TPSA) is 49.5 Å². The molecule has 0 bridgehead atoms. The maximum absolute atomic E-state index is 9.10. The van der Waals surface area contributed by atoms with Gasteiger partial charge in [0.25, 0.3) is 0 Å². The van der Waals surface area contributed by atoms with Crippen LogP contribution in [0.25, 0.3) is 0 Å². The first kappa shape index (κ1) is 6.01. The third-order valence-corrected chi connectivity index (χ3v) is 1.47. The van der Waals surface area contributed by atoms with Gasteiger partial charge in [-0.05, 0) is 7.05 Å². The minimum Gasteiger partial charge on any atom is -0.375 e. The lowest BCUT2D eigenvalue weighted by molar-refractivity contribution is 0.0589. The van der Waals surface area contributed by atoms with Crippen LogP contribution < -0.4 is 5.73 Å². The van der Waals surface area contributed by atoms with Crippen LogP contribution in [0.1, 0.15) is 6.42 Å². The molecule has 0 spiro atoms. The molecule has 0 amide bonds. The van der Waals surface area contributed by atoms with Crippen LogP contribution in [0.4, 0.5) is 0 Å². The Morgan fingerprint density at radius 2 is 2.38 bits per heavy atom. The number of aliphatic hydroxyl groups is 1. The number of nitrogens with zero attached hydrogens (tertiary/aromatic N) is 1. The Hall–Kier alpha value is -0.120. The first-order valence-corrected chi connectivity index (χ1v) is 2.80. The zero-order valence-electron chi connectivity index (χ0n) is 5.09. The van der Waals surface area contributed by atoms with E-state index in [2.05, 4.69) is 0 Å². The van der Waals surface area contributed by atoms with Crippen LogP contribution in [0.3, 0.4) is 0 Å². The van der Waals surface area contributed by atoms with Gasteiger partial charge in [-0.3, -0.25) is 0 Å². The third kappa shape index (κ3) is 1.18. The molecule has 0 aliphatic carbocycles. The molecule has 0 unspecified atom stereocenters. The molecule has 1 aliphatic rings. The average molecular weight is 116 g/mol. The first-order valence-electron chi connectivity index (χ1n) is 2.80. The number of β-amino-alcohol motifs (C(OH)–C–C–N with tert-alkyl or cyclic N) is 1. The average Bonchev–Trinajstić information content (AvgIpc) is 1.82. The fraction of sp³-hybridized carbons (Fsp3) is 1.00. The molecule has 1 rings (SSSR count). The first-order chi connectivity index (χ1) is 3.60. The predicted molar refractivity (Wildman–Crippen MR) is 31.3 cm³/mol. The lowest BCUT2D eigenvalue weighted by Gasteiger charge is -2.14. The maximum Gasteiger partial charge on any atom is 0.127 e. The van der Waals surface area contributed by atoms with Crippen molar-refractivity contribution in [2.45, 2.75) is 12.1 Å². The van der Waals surface area contributed by atoms with Crippen LogP contribution in [0.2, 0.25) is 0 Å². The maximum atomic E-state index is 9.10. The lowest BCUT2D eigenvalue weighted by atomic mass is 10.2. The molecule has 0 aromatic rings. The molecule has 0 saturated carbocycles. The second kappa shape index (κ2) is 1.69. The van der Waals surface area contributed by atoms with Gasteiger partial charge in [-0.1, -0.05) is 0 Å². The summed E-state index contributed by atoms with van der Waals surface area (Å²) in [6.45, 7) is 1.51. The van der Waals surface area contributed by atoms with Crippen LogP contribution in [0.5, 0.6) is 0 Å². The van der Waals surface area contributed by atoms with Gasteiger partial charge in [0.05, 0.1) is 0 Å². The van der Waals surface area contributed by atoms with Gasteiger partial charge in [-0.25, -0.2) is 0 Å². The summed E-state index contributed by atoms with van der Waals surface area (Å²) in [5.74, 6) is 0. The van der Waals surface area contributed by atoms with Gasteiger partial charge < -0.3 is 15.7 Å². The molecule has 1 atom stereocenters. The number of nitrogens with two attached hydrogens (primary N) is 1. The van der Waals surface area contributed by atoms with Crippen molar-refractivity contribution in [3.8, 4) is 0 Å². The van der Waals surface area contributed by atoms with Crippen molar-refractivity contribution in [1.29, 1.82) is 0 Å². The van der Waals surface area contributed by atoms with E-state index < -0.39 is 5.72 Å². The normalized spacial score (nSPS) is 40.9. The minimum absolute atomic E-state index is 0.604. The Bertz CT molecular complexity index is 92.4. The number of likely N-dealkylation sites (N-methyl/N-ethyl adjacent to an activating group) is 1. The zero-order chi connectivity index (χ0) is 6.20. The van der Waals surface area contributed by atoms with E-state index >= 15 is 0 Å². The molecule has 0 aromatic carbocycles. The number of rotatable bonds is 0. The molecule has 3 N–H and O–H groups in total. The van der Waals surface area contributed by atoms with Crippen LogP contribution in [0.15, 0.2) is 0 Å². The number of hydrogen-bond acceptors (Lipinski definition) is 3. The Kier molecular flexibility index (Phi) is 1.27. The van der Waals surface area contributed by atoms with Gasteiger partial charge >= 0.3 is 0 Å². The van der Waals surface area contributed by atoms with E-state index in [4.69, 9.17) is 10.8 Å². The molecule has 3 nitrogen and oxygen atoms in total. The highest BCUT2D eigenvalue weighted by Crippen LogP contribution is 2.12. The number of hydrogen-bond donors (Lipinski definition) is 2. The third-order valence-electron chi connectivity index (χ3n) is 1.47. The second-order valence-electron chi connectivity index (χ2n) is 2.59. The Morgan fingerprint density at radius 1 is 1.75 bits per heavy atom. The molecule has 1 aliphatic heterocycles. The highest BCUT2D eigenvalue weighted by Gasteiger charge is 2.29. The molecule has 0 aromatic heterocycles. The lowest BCUT2D eigenvalue weighted by Crippen LogP contribution is -2.41. The summed E-state index contributed by atoms with van der Waals surface area (Å²) < 4.78 is 0. The van der Waals surface area contributed by atoms with E-state index in [0.29, 0.717) is 13.0 Å². The summed E-state index contributed by atoms with van der Waals surface area (Å²) in [7, 11) is 1.95. The summed E-state index contributed by atoms with van der Waals surface area (Å²) in [6, 6.07) is 0. The van der Waals surface area contributed by atoms with Crippen LogP contribution in [-0.2, 0) is 0 Å². The molecular weight excluding hydrogens is 104 g/mol. The number of likely N-dealkylation sites (tertiary alicyclic amines) is 1. The fourth-order valence-corrected chi connectivity index (χ4v) is 1.01. The van der Waals surface area contributed by atoms with E-state index in [1.807, 2.05) is 11.9 Å². The van der Waals surface area contributed by atoms with Crippen molar-refractivity contribution >= 4 is 0 Å². The Morgan fingerprint density at radius 3 is 2.50 bits per heavy atom. The van der Waals surface area contributed by atoms with Crippen molar-refractivity contribution in [1.82, 2.24) is 4.90 Å². The van der Waals surface area contributed by atoms with Crippen molar-refractivity contribution < 1.29 is 5.11 Å². The van der Waals surface area contributed by atoms with Crippen molar-refractivity contribution in [3.05, 3.63) is 0 Å². The van der Waals surface area contributed by atoms with Gasteiger partial charge in [0.2, 0.25) is 0 Å². The smallest absolute Gasteiger partial charge is 0.127 e. The van der Waals surface area contributed by atoms with Crippen molar-refractivity contribution in [3.63, 3.8) is 0 Å². The fourth-order valence-electron chi connectivity index (χ4n) is 1.01. The predicted octanol–water partition coefficient (Wildman–Crippen LogP) is -1.03. The largest absolute Gasteiger partial charge is 0.375 e. The summed E-state index contributed by atoms with van der Waals surface area (Å²) in [5, 5.41) is 9.10. The minimum atomic E-state index is -0.908. The summed E-state index contributed by atoms with van der Waals surface area (Å²) in [4.78, 5) is 2.01. The van der Waals surface area contributed by atoms with Crippen LogP contribution in [0, 0.1) is 0 Å². The van der Waals surface area contributed by atoms with E-state index in [1.54, 1.807) is 0 Å². The van der Waals surface area contributed by atoms with E-state index in [0.717, 1.165) is 6.54 Å². The van der Waals surface area contributed by atoms with Gasteiger partial charge in [0.1, 0.15) is 5.72 Å². The van der Waals surface area contributed by atoms with E-state index in [-0.39, 0.29) is 0 Å². The Balaban J connectivity index is 2.44. The SMILES string of the molecule is CN1CC[C@@](N)(O)C1. The van der Waals surface area contributed by atoms with Gasteiger partial charge in [0, 0.05) is 19.5 Å². The molecular formula is C5H12N2O. The Labute approximate surface area is 49.1 Å². The van der Waals surface area contributed by atoms with Gasteiger partial charge in [-0.2, -0.15) is 0 Å². The molecule has 1 fully saturated rings. The second-order valence-corrected chi connectivity index (χ2v) is 2.59. The molecule has 0 radical (unpaired) electrons. The standard InChI is InChI=1S/C5H12N2O/c1-7-3-2-5(6,8)4-7/h8H,2-4,6H2,1H3/t5-/m1/s1. The van der Waals surface area contributed by atoms with Gasteiger partial charge in [-0.15, -0.1) is 0 Å². The van der Waals surface area contributed by atoms with Crippen LogP contribution in [-0.4, -0.2) is 35.9 Å². The molecule has 8 heavy (non-hydrogen) atoms. The van der Waals surface area contributed by atoms with Crippen molar-refractivity contribution in [2.24, 2.45) is 5.73 Å². The monoisotopic (exact) mass is 116 g/mol. The molecule has 48 valence electrons. The molecule has 3 heteroatoms. The molecule has 1 saturated heterocycles. The van der Waals surface area contributed by atoms with E-state index in [1.165, 1.54) is 0 Å². The summed E-state index contributed by atoms with van der Waals surface area (Å²) >= 11 is 0. The highest BCUT2D eigenvalue weighted by molar-refractivity contribution is 4.82. The summed E-state index contributed by atoms with van der Waals surface area (Å²) in [6.07, 6.45) is 0.698. The van der Waals surface area contributed by atoms with Crippen molar-refractivity contribution in [2.75, 3.05) is 20.1 Å². The highest BCUT2D eigenvalue weighted by atomic mass is 16.3. The quantitative estimate of drug-likeness (QED) is 0.398. The van der Waals surface area contributed by atoms with E-state index in [9.17, 15) is 0 Å². The zero-order valence-corrected chi connectivity index (χ0v) is 5.09. The van der Waals surface area contributed by atoms with Crippen LogP contribution >= 0.6 is 0 Å². The molecule has 1 heterocycles. The van der Waals surface area contributed by atoms with Gasteiger partial charge in [0.15, 0.2) is 0 Å². The summed E-state index contributed by atoms with van der Waals surface area (Å²) in [5.41, 5.74) is 4.47.